The van der Waals surface area contributed by atoms with Gasteiger partial charge in [0, 0.05) is 19.1 Å². The van der Waals surface area contributed by atoms with Crippen molar-refractivity contribution < 1.29 is 26.3 Å². The quantitative estimate of drug-likeness (QED) is 0.611. The minimum atomic E-state index is -3.82. The van der Waals surface area contributed by atoms with Gasteiger partial charge in [0.15, 0.2) is 31.2 Å². The van der Waals surface area contributed by atoms with Gasteiger partial charge in [-0.1, -0.05) is 26.0 Å². The molecule has 0 amide bonds. The zero-order valence-electron chi connectivity index (χ0n) is 19.4. The molecule has 0 radical (unpaired) electrons. The van der Waals surface area contributed by atoms with E-state index in [4.69, 9.17) is 9.47 Å². The van der Waals surface area contributed by atoms with Crippen LogP contribution in [0, 0.1) is 0 Å². The molecule has 2 heterocycles. The molecule has 2 aliphatic rings. The lowest BCUT2D eigenvalue weighted by Gasteiger charge is -2.36. The molecule has 0 spiro atoms. The van der Waals surface area contributed by atoms with Crippen molar-refractivity contribution >= 4 is 19.7 Å². The number of methoxy groups -OCH3 is 2. The van der Waals surface area contributed by atoms with Crippen LogP contribution >= 0.6 is 0 Å². The molecule has 1 fully saturated rings. The third-order valence-electron chi connectivity index (χ3n) is 6.76. The number of benzene rings is 2. The second-order valence-corrected chi connectivity index (χ2v) is 13.5. The topological polar surface area (TPSA) is 90.0 Å². The molecule has 0 N–H and O–H groups in total. The zero-order chi connectivity index (χ0) is 24.0. The Balaban J connectivity index is 1.65. The van der Waals surface area contributed by atoms with Crippen molar-refractivity contribution in [3.05, 3.63) is 53.1 Å². The number of ether oxygens (including phenoxy) is 2. The van der Waals surface area contributed by atoms with Crippen molar-refractivity contribution in [3.63, 3.8) is 0 Å². The Bertz CT molecular complexity index is 1240. The number of rotatable bonds is 6. The van der Waals surface area contributed by atoms with Crippen molar-refractivity contribution in [3.8, 4) is 11.5 Å². The highest BCUT2D eigenvalue weighted by atomic mass is 32.2. The number of fused-ring (bicyclic) bond motifs is 1. The molecule has 0 aliphatic carbocycles. The monoisotopic (exact) mass is 493 g/mol. The first-order valence-corrected chi connectivity index (χ1v) is 14.4. The molecule has 33 heavy (non-hydrogen) atoms. The molecule has 2 atom stereocenters. The van der Waals surface area contributed by atoms with Crippen molar-refractivity contribution in [1.82, 2.24) is 4.90 Å². The van der Waals surface area contributed by atoms with Crippen LogP contribution in [-0.4, -0.2) is 65.3 Å². The molecule has 0 bridgehead atoms. The molecule has 0 saturated carbocycles. The van der Waals surface area contributed by atoms with E-state index in [0.717, 1.165) is 16.7 Å². The van der Waals surface area contributed by atoms with Crippen molar-refractivity contribution in [2.75, 3.05) is 32.3 Å². The summed E-state index contributed by atoms with van der Waals surface area (Å²) in [6.45, 7) is 5.14. The molecular formula is C24H31NO6S2. The van der Waals surface area contributed by atoms with Crippen LogP contribution < -0.4 is 9.47 Å². The van der Waals surface area contributed by atoms with Gasteiger partial charge >= 0.3 is 0 Å². The number of hydrogen-bond donors (Lipinski definition) is 0. The number of hydrogen-bond acceptors (Lipinski definition) is 7. The lowest BCUT2D eigenvalue weighted by atomic mass is 9.97. The van der Waals surface area contributed by atoms with Gasteiger partial charge in [0.1, 0.15) is 0 Å². The maximum Gasteiger partial charge on any atom is 0.183 e. The molecule has 0 unspecified atom stereocenters. The lowest BCUT2D eigenvalue weighted by molar-refractivity contribution is 0.195. The fourth-order valence-corrected chi connectivity index (χ4v) is 9.67. The first-order chi connectivity index (χ1) is 15.6. The molecule has 1 saturated heterocycles. The van der Waals surface area contributed by atoms with Gasteiger partial charge in [0.05, 0.1) is 35.9 Å². The molecule has 2 aromatic rings. The van der Waals surface area contributed by atoms with Gasteiger partial charge in [0.2, 0.25) is 0 Å². The first-order valence-electron chi connectivity index (χ1n) is 11.1. The van der Waals surface area contributed by atoms with Gasteiger partial charge in [-0.15, -0.1) is 0 Å². The predicted octanol–water partition coefficient (Wildman–Crippen LogP) is 2.82. The predicted molar refractivity (Wildman–Crippen MR) is 128 cm³/mol. The van der Waals surface area contributed by atoms with Crippen molar-refractivity contribution in [1.29, 1.82) is 0 Å². The van der Waals surface area contributed by atoms with Crippen molar-refractivity contribution in [2.24, 2.45) is 0 Å². The third kappa shape index (κ3) is 4.63. The third-order valence-corrected chi connectivity index (χ3v) is 10.9. The summed E-state index contributed by atoms with van der Waals surface area (Å²) in [5.41, 5.74) is 3.15. The molecule has 2 aromatic carbocycles. The highest BCUT2D eigenvalue weighted by Gasteiger charge is 2.48. The van der Waals surface area contributed by atoms with E-state index in [1.807, 2.05) is 43.0 Å². The fourth-order valence-electron chi connectivity index (χ4n) is 4.84. The van der Waals surface area contributed by atoms with Crippen LogP contribution in [0.25, 0.3) is 0 Å². The van der Waals surface area contributed by atoms with Gasteiger partial charge in [-0.3, -0.25) is 4.90 Å². The van der Waals surface area contributed by atoms with Gasteiger partial charge < -0.3 is 9.47 Å². The molecule has 7 nitrogen and oxygen atoms in total. The van der Waals surface area contributed by atoms with E-state index in [2.05, 4.69) is 0 Å². The summed E-state index contributed by atoms with van der Waals surface area (Å²) >= 11 is 0. The van der Waals surface area contributed by atoms with Crippen LogP contribution in [0.15, 0.2) is 41.3 Å². The normalized spacial score (nSPS) is 22.8. The Morgan fingerprint density at radius 2 is 1.58 bits per heavy atom. The van der Waals surface area contributed by atoms with Crippen LogP contribution in [-0.2, 0) is 32.6 Å². The lowest BCUT2D eigenvalue weighted by Crippen LogP contribution is -2.48. The molecule has 0 aromatic heterocycles. The minimum Gasteiger partial charge on any atom is -0.493 e. The van der Waals surface area contributed by atoms with E-state index in [9.17, 15) is 16.8 Å². The number of nitrogens with zero attached hydrogens (tertiary/aromatic N) is 1. The van der Waals surface area contributed by atoms with E-state index in [1.165, 1.54) is 0 Å². The molecular weight excluding hydrogens is 462 g/mol. The highest BCUT2D eigenvalue weighted by molar-refractivity contribution is 7.96. The van der Waals surface area contributed by atoms with E-state index < -0.39 is 31.0 Å². The van der Waals surface area contributed by atoms with E-state index in [1.54, 1.807) is 26.4 Å². The Morgan fingerprint density at radius 3 is 2.15 bits per heavy atom. The van der Waals surface area contributed by atoms with Crippen molar-refractivity contribution in [2.45, 2.75) is 48.9 Å². The standard InChI is InChI=1S/C24H31NO6S2/c1-16(2)17-5-7-20(8-6-17)33(28,29)24-15-32(26,27)14-21(24)25-10-9-18-11-22(30-3)23(31-4)12-19(18)13-25/h5-8,11-12,16,21,24H,9-10,13-15H2,1-4H3/t21-,24-/m0/s1. The first kappa shape index (κ1) is 24.0. The summed E-state index contributed by atoms with van der Waals surface area (Å²) in [6.07, 6.45) is 0.683. The maximum absolute atomic E-state index is 13.6. The van der Waals surface area contributed by atoms with Gasteiger partial charge in [-0.05, 0) is 53.3 Å². The molecule has 2 aliphatic heterocycles. The van der Waals surface area contributed by atoms with E-state index in [0.29, 0.717) is 31.0 Å². The number of sulfone groups is 2. The summed E-state index contributed by atoms with van der Waals surface area (Å²) in [5, 5.41) is -0.992. The van der Waals surface area contributed by atoms with Crippen LogP contribution in [0.1, 0.15) is 36.5 Å². The zero-order valence-corrected chi connectivity index (χ0v) is 21.1. The average Bonchev–Trinajstić information content (AvgIpc) is 3.14. The van der Waals surface area contributed by atoms with Gasteiger partial charge in [-0.25, -0.2) is 16.8 Å². The van der Waals surface area contributed by atoms with Gasteiger partial charge in [-0.2, -0.15) is 0 Å². The van der Waals surface area contributed by atoms with Gasteiger partial charge in [0.25, 0.3) is 0 Å². The summed E-state index contributed by atoms with van der Waals surface area (Å²) in [4.78, 5) is 2.19. The Hall–Kier alpha value is -2.10. The Morgan fingerprint density at radius 1 is 0.970 bits per heavy atom. The largest absolute Gasteiger partial charge is 0.493 e. The Kier molecular flexibility index (Phi) is 6.50. The minimum absolute atomic E-state index is 0.149. The van der Waals surface area contributed by atoms with E-state index in [-0.39, 0.29) is 22.3 Å². The van der Waals surface area contributed by atoms with E-state index >= 15 is 0 Å². The average molecular weight is 494 g/mol. The Labute approximate surface area is 196 Å². The maximum atomic E-state index is 13.6. The summed E-state index contributed by atoms with van der Waals surface area (Å²) in [7, 11) is -4.13. The molecule has 4 rings (SSSR count). The molecule has 9 heteroatoms. The smallest absolute Gasteiger partial charge is 0.183 e. The van der Waals surface area contributed by atoms with Crippen LogP contribution in [0.4, 0.5) is 0 Å². The second-order valence-electron chi connectivity index (χ2n) is 9.15. The molecule has 180 valence electrons. The van der Waals surface area contributed by atoms with Crippen LogP contribution in [0.3, 0.4) is 0 Å². The second kappa shape index (κ2) is 8.92. The fraction of sp³-hybridized carbons (Fsp3) is 0.500. The van der Waals surface area contributed by atoms with Crippen LogP contribution in [0.5, 0.6) is 11.5 Å². The summed E-state index contributed by atoms with van der Waals surface area (Å²) in [6, 6.07) is 10.1. The highest BCUT2D eigenvalue weighted by Crippen LogP contribution is 2.36. The summed E-state index contributed by atoms with van der Waals surface area (Å²) < 4.78 is 63.2. The van der Waals surface area contributed by atoms with Crippen LogP contribution in [0.2, 0.25) is 0 Å². The summed E-state index contributed by atoms with van der Waals surface area (Å²) in [5.74, 6) is 1.04. The SMILES string of the molecule is COc1cc2c(cc1OC)CN([C@H]1CS(=O)(=O)C[C@@H]1S(=O)(=O)c1ccc(C(C)C)cc1)CC2.